The number of nitrogens with zero attached hydrogens (tertiary/aromatic N) is 1. The number of carbonyl (C=O) groups is 1. The van der Waals surface area contributed by atoms with Crippen molar-refractivity contribution < 1.29 is 4.79 Å². The van der Waals surface area contributed by atoms with Crippen LogP contribution in [0, 0.1) is 11.3 Å². The molecule has 62 valence electrons. The molecule has 0 rings (SSSR count). The second-order valence-electron chi connectivity index (χ2n) is 2.10. The van der Waals surface area contributed by atoms with Crippen molar-refractivity contribution in [3.63, 3.8) is 0 Å². The van der Waals surface area contributed by atoms with E-state index in [4.69, 9.17) is 5.26 Å². The molecule has 3 nitrogen and oxygen atoms in total. The molecule has 0 spiro atoms. The molecule has 0 saturated carbocycles. The summed E-state index contributed by atoms with van der Waals surface area (Å²) in [5.74, 6) is 0.00181. The predicted octanol–water partition coefficient (Wildman–Crippen LogP) is 1.19. The van der Waals surface area contributed by atoms with Crippen LogP contribution in [0.25, 0.3) is 0 Å². The highest BCUT2D eigenvalue weighted by Gasteiger charge is 1.94. The van der Waals surface area contributed by atoms with Gasteiger partial charge >= 0.3 is 0 Å². The van der Waals surface area contributed by atoms with Crippen molar-refractivity contribution >= 4 is 21.8 Å². The first kappa shape index (κ1) is 10.4. The first-order valence-electron chi connectivity index (χ1n) is 3.51. The summed E-state index contributed by atoms with van der Waals surface area (Å²) in [7, 11) is 0. The van der Waals surface area contributed by atoms with Crippen LogP contribution in [0.5, 0.6) is 0 Å². The maximum absolute atomic E-state index is 10.6. The van der Waals surface area contributed by atoms with Crippen LogP contribution in [-0.2, 0) is 4.79 Å². The second-order valence-corrected chi connectivity index (χ2v) is 2.66. The van der Waals surface area contributed by atoms with Crippen molar-refractivity contribution in [1.82, 2.24) is 5.32 Å². The molecule has 1 amide bonds. The molecular weight excluding hydrogens is 208 g/mol. The van der Waals surface area contributed by atoms with Gasteiger partial charge in [0.2, 0.25) is 5.91 Å². The number of nitriles is 1. The van der Waals surface area contributed by atoms with Crippen LogP contribution in [0.4, 0.5) is 0 Å². The average Bonchev–Trinajstić information content (AvgIpc) is 2.04. The summed E-state index contributed by atoms with van der Waals surface area (Å²) >= 11 is 3.03. The quantitative estimate of drug-likeness (QED) is 0.557. The standard InChI is InChI=1S/C7H11BrN2O/c8-6-7(11)10-5-3-1-2-4-9/h1-3,5-6H2,(H,10,11). The highest BCUT2D eigenvalue weighted by atomic mass is 79.9. The summed E-state index contributed by atoms with van der Waals surface area (Å²) in [5, 5.41) is 11.2. The minimum atomic E-state index is 0.00181. The molecule has 0 aromatic carbocycles. The Morgan fingerprint density at radius 2 is 2.27 bits per heavy atom. The highest BCUT2D eigenvalue weighted by Crippen LogP contribution is 1.91. The van der Waals surface area contributed by atoms with E-state index in [-0.39, 0.29) is 5.91 Å². The second kappa shape index (κ2) is 7.55. The van der Waals surface area contributed by atoms with Gasteiger partial charge in [0.25, 0.3) is 0 Å². The highest BCUT2D eigenvalue weighted by molar-refractivity contribution is 9.09. The molecule has 11 heavy (non-hydrogen) atoms. The molecule has 0 atom stereocenters. The van der Waals surface area contributed by atoms with Crippen molar-refractivity contribution in [1.29, 1.82) is 5.26 Å². The molecule has 0 aromatic rings. The molecule has 0 fully saturated rings. The molecule has 0 radical (unpaired) electrons. The van der Waals surface area contributed by atoms with E-state index in [1.54, 1.807) is 0 Å². The zero-order chi connectivity index (χ0) is 8.53. The lowest BCUT2D eigenvalue weighted by Gasteiger charge is -1.99. The van der Waals surface area contributed by atoms with E-state index in [9.17, 15) is 4.79 Å². The monoisotopic (exact) mass is 218 g/mol. The molecule has 1 N–H and O–H groups in total. The smallest absolute Gasteiger partial charge is 0.230 e. The zero-order valence-electron chi connectivity index (χ0n) is 6.27. The molecular formula is C7H11BrN2O. The van der Waals surface area contributed by atoms with Gasteiger partial charge < -0.3 is 5.32 Å². The molecule has 0 unspecified atom stereocenters. The Bertz CT molecular complexity index is 153. The van der Waals surface area contributed by atoms with Crippen LogP contribution in [0.1, 0.15) is 19.3 Å². The molecule has 0 saturated heterocycles. The Morgan fingerprint density at radius 3 is 2.82 bits per heavy atom. The Labute approximate surface area is 74.9 Å². The van der Waals surface area contributed by atoms with E-state index in [1.807, 2.05) is 6.07 Å². The summed E-state index contributed by atoms with van der Waals surface area (Å²) in [6.45, 7) is 0.673. The molecule has 0 aliphatic rings. The summed E-state index contributed by atoms with van der Waals surface area (Å²) < 4.78 is 0. The summed E-state index contributed by atoms with van der Waals surface area (Å²) in [6, 6.07) is 2.05. The van der Waals surface area contributed by atoms with E-state index in [2.05, 4.69) is 21.2 Å². The first-order chi connectivity index (χ1) is 5.31. The van der Waals surface area contributed by atoms with Gasteiger partial charge in [0, 0.05) is 13.0 Å². The minimum Gasteiger partial charge on any atom is -0.355 e. The number of rotatable bonds is 5. The van der Waals surface area contributed by atoms with Gasteiger partial charge in [-0.15, -0.1) is 0 Å². The van der Waals surface area contributed by atoms with E-state index in [1.165, 1.54) is 0 Å². The Morgan fingerprint density at radius 1 is 1.55 bits per heavy atom. The number of halogens is 1. The van der Waals surface area contributed by atoms with Gasteiger partial charge in [-0.3, -0.25) is 4.79 Å². The maximum atomic E-state index is 10.6. The number of hydrogen-bond acceptors (Lipinski definition) is 2. The molecule has 0 aliphatic carbocycles. The number of unbranched alkanes of at least 4 members (excludes halogenated alkanes) is 2. The fourth-order valence-electron chi connectivity index (χ4n) is 0.604. The van der Waals surface area contributed by atoms with E-state index >= 15 is 0 Å². The fourth-order valence-corrected chi connectivity index (χ4v) is 0.802. The summed E-state index contributed by atoms with van der Waals surface area (Å²) in [6.07, 6.45) is 2.32. The first-order valence-corrected chi connectivity index (χ1v) is 4.63. The Hall–Kier alpha value is -0.560. The van der Waals surface area contributed by atoms with Gasteiger partial charge in [-0.05, 0) is 12.8 Å². The van der Waals surface area contributed by atoms with Gasteiger partial charge in [-0.1, -0.05) is 15.9 Å². The third-order valence-corrected chi connectivity index (χ3v) is 1.67. The van der Waals surface area contributed by atoms with E-state index in [0.29, 0.717) is 18.3 Å². The normalized spacial score (nSPS) is 8.73. The van der Waals surface area contributed by atoms with Crippen LogP contribution in [0.15, 0.2) is 0 Å². The SMILES string of the molecule is N#CCCCCNC(=O)CBr. The third kappa shape index (κ3) is 7.34. The van der Waals surface area contributed by atoms with Gasteiger partial charge in [-0.2, -0.15) is 5.26 Å². The molecule has 0 aliphatic heterocycles. The van der Waals surface area contributed by atoms with Crippen LogP contribution in [-0.4, -0.2) is 17.8 Å². The lowest BCUT2D eigenvalue weighted by Crippen LogP contribution is -2.25. The number of hydrogen-bond donors (Lipinski definition) is 1. The van der Waals surface area contributed by atoms with Crippen molar-refractivity contribution in [2.75, 3.05) is 11.9 Å². The largest absolute Gasteiger partial charge is 0.355 e. The van der Waals surface area contributed by atoms with Crippen molar-refractivity contribution in [3.05, 3.63) is 0 Å². The average molecular weight is 219 g/mol. The van der Waals surface area contributed by atoms with Gasteiger partial charge in [0.1, 0.15) is 0 Å². The van der Waals surface area contributed by atoms with E-state index in [0.717, 1.165) is 12.8 Å². The molecule has 0 bridgehead atoms. The number of amides is 1. The van der Waals surface area contributed by atoms with E-state index < -0.39 is 0 Å². The van der Waals surface area contributed by atoms with Crippen molar-refractivity contribution in [2.45, 2.75) is 19.3 Å². The number of nitrogens with one attached hydrogen (secondary N) is 1. The van der Waals surface area contributed by atoms with Crippen LogP contribution >= 0.6 is 15.9 Å². The third-order valence-electron chi connectivity index (χ3n) is 1.16. The van der Waals surface area contributed by atoms with Crippen LogP contribution < -0.4 is 5.32 Å². The van der Waals surface area contributed by atoms with Gasteiger partial charge in [-0.25, -0.2) is 0 Å². The maximum Gasteiger partial charge on any atom is 0.230 e. The Kier molecular flexibility index (Phi) is 7.16. The fraction of sp³-hybridized carbons (Fsp3) is 0.714. The predicted molar refractivity (Wildman–Crippen MR) is 46.3 cm³/mol. The lowest BCUT2D eigenvalue weighted by atomic mass is 10.2. The molecule has 4 heteroatoms. The number of alkyl halides is 1. The van der Waals surface area contributed by atoms with Crippen LogP contribution in [0.3, 0.4) is 0 Å². The molecule has 0 aromatic heterocycles. The van der Waals surface area contributed by atoms with Crippen molar-refractivity contribution in [2.24, 2.45) is 0 Å². The summed E-state index contributed by atoms with van der Waals surface area (Å²) in [4.78, 5) is 10.6. The minimum absolute atomic E-state index is 0.00181. The zero-order valence-corrected chi connectivity index (χ0v) is 7.85. The molecule has 0 heterocycles. The van der Waals surface area contributed by atoms with Gasteiger partial charge in [0.05, 0.1) is 11.4 Å². The van der Waals surface area contributed by atoms with Gasteiger partial charge in [0.15, 0.2) is 0 Å². The van der Waals surface area contributed by atoms with Crippen molar-refractivity contribution in [3.8, 4) is 6.07 Å². The van der Waals surface area contributed by atoms with Crippen LogP contribution in [0.2, 0.25) is 0 Å². The summed E-state index contributed by atoms with van der Waals surface area (Å²) in [5.41, 5.74) is 0. The topological polar surface area (TPSA) is 52.9 Å². The Balaban J connectivity index is 3.03. The number of carbonyl (C=O) groups excluding carboxylic acids is 1. The lowest BCUT2D eigenvalue weighted by molar-refractivity contribution is -0.118.